The van der Waals surface area contributed by atoms with Crippen LogP contribution in [-0.2, 0) is 0 Å². The van der Waals surface area contributed by atoms with E-state index in [4.69, 9.17) is 11.6 Å². The number of nitrogens with zero attached hydrogens (tertiary/aromatic N) is 1. The highest BCUT2D eigenvalue weighted by Crippen LogP contribution is 2.35. The van der Waals surface area contributed by atoms with Crippen molar-refractivity contribution >= 4 is 37.3 Å². The van der Waals surface area contributed by atoms with Gasteiger partial charge in [0.1, 0.15) is 0 Å². The van der Waals surface area contributed by atoms with Crippen molar-refractivity contribution in [3.05, 3.63) is 48.0 Å². The first-order valence-corrected chi connectivity index (χ1v) is 6.07. The lowest BCUT2D eigenvalue weighted by Gasteiger charge is -2.01. The maximum atomic E-state index is 5.84. The summed E-state index contributed by atoms with van der Waals surface area (Å²) in [6.07, 6.45) is 0. The molecule has 0 saturated carbocycles. The predicted octanol–water partition coefficient (Wildman–Crippen LogP) is 2.63. The van der Waals surface area contributed by atoms with E-state index in [0.29, 0.717) is 5.84 Å². The van der Waals surface area contributed by atoms with Crippen molar-refractivity contribution in [2.75, 3.05) is 0 Å². The third-order valence-corrected chi connectivity index (χ3v) is 3.95. The highest BCUT2D eigenvalue weighted by molar-refractivity contribution is 7.25. The molecular formula is C13H11N3S. The van der Waals surface area contributed by atoms with Crippen LogP contribution >= 0.6 is 11.3 Å². The van der Waals surface area contributed by atoms with Gasteiger partial charge in [0.05, 0.1) is 0 Å². The van der Waals surface area contributed by atoms with E-state index < -0.39 is 0 Å². The number of fused-ring (bicyclic) bond motifs is 3. The highest BCUT2D eigenvalue weighted by Gasteiger charge is 2.10. The SMILES string of the molecule is N/N=C(\N)c1cccc2sc3ccccc3c12. The van der Waals surface area contributed by atoms with Crippen LogP contribution in [0.15, 0.2) is 47.6 Å². The normalized spacial score (nSPS) is 12.4. The molecule has 0 aliphatic carbocycles. The Balaban J connectivity index is 2.52. The zero-order valence-corrected chi connectivity index (χ0v) is 9.87. The topological polar surface area (TPSA) is 64.4 Å². The predicted molar refractivity (Wildman–Crippen MR) is 74.2 cm³/mol. The van der Waals surface area contributed by atoms with Crippen LogP contribution in [0.2, 0.25) is 0 Å². The molecule has 4 N–H and O–H groups in total. The third kappa shape index (κ3) is 1.45. The quantitative estimate of drug-likeness (QED) is 0.298. The second-order valence-corrected chi connectivity index (χ2v) is 4.88. The summed E-state index contributed by atoms with van der Waals surface area (Å²) in [5.74, 6) is 5.65. The summed E-state index contributed by atoms with van der Waals surface area (Å²) in [5, 5.41) is 5.94. The van der Waals surface area contributed by atoms with Gasteiger partial charge in [-0.05, 0) is 12.1 Å². The van der Waals surface area contributed by atoms with Gasteiger partial charge in [-0.15, -0.1) is 11.3 Å². The molecule has 0 aliphatic heterocycles. The van der Waals surface area contributed by atoms with E-state index in [0.717, 1.165) is 10.9 Å². The minimum absolute atomic E-state index is 0.374. The van der Waals surface area contributed by atoms with Crippen molar-refractivity contribution in [2.45, 2.75) is 0 Å². The van der Waals surface area contributed by atoms with E-state index in [9.17, 15) is 0 Å². The molecule has 0 saturated heterocycles. The molecule has 3 nitrogen and oxygen atoms in total. The van der Waals surface area contributed by atoms with Gasteiger partial charge in [-0.25, -0.2) is 0 Å². The first-order valence-electron chi connectivity index (χ1n) is 5.25. The molecule has 0 atom stereocenters. The molecule has 0 unspecified atom stereocenters. The molecule has 3 aromatic rings. The molecule has 0 spiro atoms. The summed E-state index contributed by atoms with van der Waals surface area (Å²) in [6.45, 7) is 0. The summed E-state index contributed by atoms with van der Waals surface area (Å²) in [5.41, 5.74) is 6.75. The van der Waals surface area contributed by atoms with Gasteiger partial charge >= 0.3 is 0 Å². The second-order valence-electron chi connectivity index (χ2n) is 3.79. The molecule has 1 heterocycles. The van der Waals surface area contributed by atoms with Crippen molar-refractivity contribution in [3.63, 3.8) is 0 Å². The van der Waals surface area contributed by atoms with Crippen LogP contribution < -0.4 is 11.6 Å². The van der Waals surface area contributed by atoms with Crippen LogP contribution in [0.5, 0.6) is 0 Å². The molecule has 0 radical (unpaired) electrons. The molecular weight excluding hydrogens is 230 g/mol. The first kappa shape index (κ1) is 10.1. The van der Waals surface area contributed by atoms with E-state index in [-0.39, 0.29) is 0 Å². The van der Waals surface area contributed by atoms with Gasteiger partial charge in [-0.2, -0.15) is 5.10 Å². The Morgan fingerprint density at radius 3 is 2.59 bits per heavy atom. The Morgan fingerprint density at radius 2 is 1.76 bits per heavy atom. The maximum Gasteiger partial charge on any atom is 0.150 e. The van der Waals surface area contributed by atoms with Crippen molar-refractivity contribution in [2.24, 2.45) is 16.7 Å². The molecule has 2 aromatic carbocycles. The van der Waals surface area contributed by atoms with Gasteiger partial charge in [0, 0.05) is 25.7 Å². The number of hydrogen-bond acceptors (Lipinski definition) is 3. The van der Waals surface area contributed by atoms with Gasteiger partial charge < -0.3 is 11.6 Å². The Labute approximate surface area is 102 Å². The minimum Gasteiger partial charge on any atom is -0.382 e. The minimum atomic E-state index is 0.374. The Kier molecular flexibility index (Phi) is 2.23. The monoisotopic (exact) mass is 241 g/mol. The van der Waals surface area contributed by atoms with Gasteiger partial charge in [0.2, 0.25) is 0 Å². The Bertz CT molecular complexity index is 728. The third-order valence-electron chi connectivity index (χ3n) is 2.82. The maximum absolute atomic E-state index is 5.84. The number of amidine groups is 1. The zero-order valence-electron chi connectivity index (χ0n) is 9.05. The lowest BCUT2D eigenvalue weighted by atomic mass is 10.1. The van der Waals surface area contributed by atoms with E-state index >= 15 is 0 Å². The fourth-order valence-corrected chi connectivity index (χ4v) is 3.19. The molecule has 3 rings (SSSR count). The van der Waals surface area contributed by atoms with E-state index in [2.05, 4.69) is 23.3 Å². The van der Waals surface area contributed by atoms with Crippen LogP contribution in [0, 0.1) is 0 Å². The summed E-state index contributed by atoms with van der Waals surface area (Å²) < 4.78 is 2.45. The Hall–Kier alpha value is -2.07. The van der Waals surface area contributed by atoms with Crippen molar-refractivity contribution in [1.29, 1.82) is 0 Å². The van der Waals surface area contributed by atoms with Gasteiger partial charge in [-0.3, -0.25) is 0 Å². The second kappa shape index (κ2) is 3.75. The van der Waals surface area contributed by atoms with Crippen LogP contribution in [-0.4, -0.2) is 5.84 Å². The van der Waals surface area contributed by atoms with Crippen molar-refractivity contribution in [1.82, 2.24) is 0 Å². The van der Waals surface area contributed by atoms with Gasteiger partial charge in [0.15, 0.2) is 5.84 Å². The number of benzene rings is 2. The van der Waals surface area contributed by atoms with Crippen LogP contribution in [0.25, 0.3) is 20.2 Å². The molecule has 1 aromatic heterocycles. The van der Waals surface area contributed by atoms with Crippen LogP contribution in [0.3, 0.4) is 0 Å². The smallest absolute Gasteiger partial charge is 0.150 e. The Morgan fingerprint density at radius 1 is 1.00 bits per heavy atom. The number of rotatable bonds is 1. The highest BCUT2D eigenvalue weighted by atomic mass is 32.1. The fraction of sp³-hybridized carbons (Fsp3) is 0. The van der Waals surface area contributed by atoms with Crippen LogP contribution in [0.4, 0.5) is 0 Å². The van der Waals surface area contributed by atoms with Crippen molar-refractivity contribution in [3.8, 4) is 0 Å². The standard InChI is InChI=1S/C13H11N3S/c14-13(16-15)9-5-3-7-11-12(9)8-4-1-2-6-10(8)17-11/h1-7H,15H2,(H2,14,16). The molecule has 17 heavy (non-hydrogen) atoms. The lowest BCUT2D eigenvalue weighted by molar-refractivity contribution is 1.23. The fourth-order valence-electron chi connectivity index (χ4n) is 2.06. The summed E-state index contributed by atoms with van der Waals surface area (Å²) >= 11 is 1.75. The van der Waals surface area contributed by atoms with Crippen molar-refractivity contribution < 1.29 is 0 Å². The number of hydrogen-bond donors (Lipinski definition) is 2. The molecule has 84 valence electrons. The number of hydrazone groups is 1. The molecule has 0 amide bonds. The molecule has 4 heteroatoms. The first-order chi connectivity index (χ1) is 8.31. The van der Waals surface area contributed by atoms with Gasteiger partial charge in [-0.1, -0.05) is 30.3 Å². The summed E-state index contributed by atoms with van der Waals surface area (Å²) in [4.78, 5) is 0. The van der Waals surface area contributed by atoms with E-state index in [1.807, 2.05) is 24.3 Å². The zero-order chi connectivity index (χ0) is 11.8. The number of nitrogens with two attached hydrogens (primary N) is 2. The summed E-state index contributed by atoms with van der Waals surface area (Å²) in [7, 11) is 0. The molecule has 0 fully saturated rings. The average Bonchev–Trinajstić information content (AvgIpc) is 2.76. The number of thiophene rings is 1. The van der Waals surface area contributed by atoms with Gasteiger partial charge in [0.25, 0.3) is 0 Å². The molecule has 0 bridgehead atoms. The summed E-state index contributed by atoms with van der Waals surface area (Å²) in [6, 6.07) is 14.3. The lowest BCUT2D eigenvalue weighted by Crippen LogP contribution is -2.15. The van der Waals surface area contributed by atoms with E-state index in [1.54, 1.807) is 11.3 Å². The van der Waals surface area contributed by atoms with E-state index in [1.165, 1.54) is 14.8 Å². The average molecular weight is 241 g/mol. The van der Waals surface area contributed by atoms with Crippen LogP contribution in [0.1, 0.15) is 5.56 Å². The largest absolute Gasteiger partial charge is 0.382 e. The molecule has 0 aliphatic rings.